The number of carbonyl (C=O) groups excluding carboxylic acids is 1. The second-order valence-electron chi connectivity index (χ2n) is 2.92. The lowest BCUT2D eigenvalue weighted by atomic mass is 10.3. The van der Waals surface area contributed by atoms with Crippen LogP contribution in [-0.4, -0.2) is 17.6 Å². The van der Waals surface area contributed by atoms with E-state index in [-0.39, 0.29) is 10.0 Å². The summed E-state index contributed by atoms with van der Waals surface area (Å²) in [5.41, 5.74) is -0.473. The first kappa shape index (κ1) is 12.1. The van der Waals surface area contributed by atoms with Crippen molar-refractivity contribution in [3.05, 3.63) is 32.7 Å². The molecule has 0 aliphatic rings. The summed E-state index contributed by atoms with van der Waals surface area (Å²) in [4.78, 5) is 22.8. The predicted molar refractivity (Wildman–Crippen MR) is 57.4 cm³/mol. The number of hydrogen-bond acceptors (Lipinski definition) is 3. The third-order valence-electron chi connectivity index (χ3n) is 1.93. The lowest BCUT2D eigenvalue weighted by molar-refractivity contribution is -0.144. The smallest absolute Gasteiger partial charge is 0.328 e. The topological polar surface area (TPSA) is 48.3 Å². The third-order valence-corrected chi connectivity index (χ3v) is 2.40. The van der Waals surface area contributed by atoms with Crippen molar-refractivity contribution in [1.29, 1.82) is 0 Å². The van der Waals surface area contributed by atoms with Crippen molar-refractivity contribution in [1.82, 2.24) is 4.57 Å². The molecule has 0 saturated carbocycles. The Balaban J connectivity index is 3.25. The van der Waals surface area contributed by atoms with Gasteiger partial charge in [-0.2, -0.15) is 0 Å². The molecule has 1 aromatic rings. The van der Waals surface area contributed by atoms with Crippen LogP contribution in [0.1, 0.15) is 13.0 Å². The number of methoxy groups -OCH3 is 1. The molecule has 1 atom stereocenters. The van der Waals surface area contributed by atoms with E-state index in [1.165, 1.54) is 26.3 Å². The van der Waals surface area contributed by atoms with Gasteiger partial charge < -0.3 is 4.74 Å². The summed E-state index contributed by atoms with van der Waals surface area (Å²) in [6, 6.07) is 0.574. The van der Waals surface area contributed by atoms with Gasteiger partial charge in [-0.3, -0.25) is 9.36 Å². The van der Waals surface area contributed by atoms with Crippen LogP contribution in [0.5, 0.6) is 0 Å². The van der Waals surface area contributed by atoms with Gasteiger partial charge in [-0.05, 0) is 13.0 Å². The maximum atomic E-state index is 11.5. The van der Waals surface area contributed by atoms with E-state index in [1.54, 1.807) is 0 Å². The van der Waals surface area contributed by atoms with Crippen LogP contribution in [0, 0.1) is 0 Å². The Morgan fingerprint density at radius 3 is 2.67 bits per heavy atom. The van der Waals surface area contributed by atoms with Crippen molar-refractivity contribution >= 4 is 29.2 Å². The van der Waals surface area contributed by atoms with E-state index in [9.17, 15) is 9.59 Å². The SMILES string of the molecule is COC(=O)[C@@H](C)n1cc(Cl)cc(Cl)c1=O. The normalized spacial score (nSPS) is 12.3. The number of carbonyl (C=O) groups is 1. The van der Waals surface area contributed by atoms with Crippen molar-refractivity contribution in [3.63, 3.8) is 0 Å². The fourth-order valence-corrected chi connectivity index (χ4v) is 1.59. The largest absolute Gasteiger partial charge is 0.467 e. The zero-order chi connectivity index (χ0) is 11.6. The highest BCUT2D eigenvalue weighted by molar-refractivity contribution is 6.34. The summed E-state index contributed by atoms with van der Waals surface area (Å²) < 4.78 is 5.65. The van der Waals surface area contributed by atoms with E-state index >= 15 is 0 Å². The Hall–Kier alpha value is -1.00. The summed E-state index contributed by atoms with van der Waals surface area (Å²) in [5.74, 6) is -0.532. The number of nitrogens with zero attached hydrogens (tertiary/aromatic N) is 1. The van der Waals surface area contributed by atoms with E-state index < -0.39 is 17.6 Å². The van der Waals surface area contributed by atoms with E-state index in [1.807, 2.05) is 0 Å². The average molecular weight is 250 g/mol. The van der Waals surface area contributed by atoms with Crippen LogP contribution in [-0.2, 0) is 9.53 Å². The maximum absolute atomic E-state index is 11.5. The van der Waals surface area contributed by atoms with Crippen molar-refractivity contribution < 1.29 is 9.53 Å². The van der Waals surface area contributed by atoms with Gasteiger partial charge in [-0.25, -0.2) is 4.79 Å². The highest BCUT2D eigenvalue weighted by Crippen LogP contribution is 2.14. The van der Waals surface area contributed by atoms with Crippen LogP contribution in [0.2, 0.25) is 10.0 Å². The first-order chi connectivity index (χ1) is 6.97. The quantitative estimate of drug-likeness (QED) is 0.753. The van der Waals surface area contributed by atoms with Crippen LogP contribution in [0.25, 0.3) is 0 Å². The second-order valence-corrected chi connectivity index (χ2v) is 3.76. The van der Waals surface area contributed by atoms with Crippen LogP contribution < -0.4 is 5.56 Å². The van der Waals surface area contributed by atoms with Crippen LogP contribution in [0.3, 0.4) is 0 Å². The molecule has 1 aromatic heterocycles. The minimum absolute atomic E-state index is 0.0294. The summed E-state index contributed by atoms with van der Waals surface area (Å²) in [7, 11) is 1.25. The summed E-state index contributed by atoms with van der Waals surface area (Å²) in [6.45, 7) is 1.53. The summed E-state index contributed by atoms with van der Waals surface area (Å²) >= 11 is 11.4. The number of hydrogen-bond donors (Lipinski definition) is 0. The Labute approximate surface area is 96.4 Å². The minimum atomic E-state index is -0.751. The molecule has 0 aromatic carbocycles. The van der Waals surface area contributed by atoms with Gasteiger partial charge >= 0.3 is 5.97 Å². The fraction of sp³-hybridized carbons (Fsp3) is 0.333. The van der Waals surface area contributed by atoms with Gasteiger partial charge in [0.2, 0.25) is 0 Å². The minimum Gasteiger partial charge on any atom is -0.467 e. The third kappa shape index (κ3) is 2.52. The molecular weight excluding hydrogens is 241 g/mol. The molecule has 0 saturated heterocycles. The van der Waals surface area contributed by atoms with Crippen LogP contribution in [0.4, 0.5) is 0 Å². The second kappa shape index (κ2) is 4.68. The highest BCUT2D eigenvalue weighted by Gasteiger charge is 2.17. The van der Waals surface area contributed by atoms with Gasteiger partial charge in [-0.15, -0.1) is 0 Å². The molecule has 0 aliphatic heterocycles. The van der Waals surface area contributed by atoms with Gasteiger partial charge in [0.15, 0.2) is 0 Å². The predicted octanol–water partition coefficient (Wildman–Crippen LogP) is 1.89. The van der Waals surface area contributed by atoms with Crippen molar-refractivity contribution in [2.24, 2.45) is 0 Å². The molecule has 0 unspecified atom stereocenters. The molecule has 0 spiro atoms. The van der Waals surface area contributed by atoms with E-state index in [2.05, 4.69) is 4.74 Å². The molecule has 0 aliphatic carbocycles. The first-order valence-electron chi connectivity index (χ1n) is 4.12. The van der Waals surface area contributed by atoms with Gasteiger partial charge in [0, 0.05) is 6.20 Å². The van der Waals surface area contributed by atoms with Gasteiger partial charge in [0.25, 0.3) is 5.56 Å². The Bertz CT molecular complexity index is 441. The summed E-state index contributed by atoms with van der Waals surface area (Å²) in [6.07, 6.45) is 1.34. The monoisotopic (exact) mass is 249 g/mol. The number of esters is 1. The average Bonchev–Trinajstić information content (AvgIpc) is 2.21. The first-order valence-corrected chi connectivity index (χ1v) is 4.88. The number of halogens is 2. The van der Waals surface area contributed by atoms with E-state index in [4.69, 9.17) is 23.2 Å². The molecule has 1 rings (SSSR count). The lowest BCUT2D eigenvalue weighted by Crippen LogP contribution is -2.28. The number of ether oxygens (including phenoxy) is 1. The lowest BCUT2D eigenvalue weighted by Gasteiger charge is -2.13. The van der Waals surface area contributed by atoms with Gasteiger partial charge in [-0.1, -0.05) is 23.2 Å². The van der Waals surface area contributed by atoms with Gasteiger partial charge in [0.1, 0.15) is 11.1 Å². The Kier molecular flexibility index (Phi) is 3.77. The molecule has 0 amide bonds. The van der Waals surface area contributed by atoms with Crippen LogP contribution >= 0.6 is 23.2 Å². The van der Waals surface area contributed by atoms with E-state index in [0.29, 0.717) is 0 Å². The number of rotatable bonds is 2. The molecule has 0 radical (unpaired) electrons. The standard InChI is InChI=1S/C9H9Cl2NO3/c1-5(9(14)15-2)12-4-6(10)3-7(11)8(12)13/h3-5H,1-2H3/t5-/m1/s1. The Morgan fingerprint density at radius 1 is 1.53 bits per heavy atom. The Morgan fingerprint density at radius 2 is 2.13 bits per heavy atom. The molecular formula is C9H9Cl2NO3. The van der Waals surface area contributed by atoms with Gasteiger partial charge in [0.05, 0.1) is 12.1 Å². The number of pyridine rings is 1. The molecule has 0 N–H and O–H groups in total. The zero-order valence-corrected chi connectivity index (χ0v) is 9.67. The van der Waals surface area contributed by atoms with Crippen molar-refractivity contribution in [2.75, 3.05) is 7.11 Å². The molecule has 82 valence electrons. The molecule has 1 heterocycles. The van der Waals surface area contributed by atoms with Crippen LogP contribution in [0.15, 0.2) is 17.1 Å². The zero-order valence-electron chi connectivity index (χ0n) is 8.16. The molecule has 15 heavy (non-hydrogen) atoms. The molecule has 4 nitrogen and oxygen atoms in total. The highest BCUT2D eigenvalue weighted by atomic mass is 35.5. The van der Waals surface area contributed by atoms with E-state index in [0.717, 1.165) is 4.57 Å². The molecule has 6 heteroatoms. The number of aromatic nitrogens is 1. The maximum Gasteiger partial charge on any atom is 0.328 e. The van der Waals surface area contributed by atoms with Crippen molar-refractivity contribution in [2.45, 2.75) is 13.0 Å². The fourth-order valence-electron chi connectivity index (χ4n) is 1.11. The molecule has 0 bridgehead atoms. The van der Waals surface area contributed by atoms with Crippen molar-refractivity contribution in [3.8, 4) is 0 Å². The molecule has 0 fully saturated rings. The summed E-state index contributed by atoms with van der Waals surface area (Å²) in [5, 5.41) is 0.258.